The number of nitrogens with one attached hydrogen (secondary N) is 1. The van der Waals surface area contributed by atoms with E-state index in [4.69, 9.17) is 0 Å². The third kappa shape index (κ3) is 3.26. The molecule has 1 aromatic heterocycles. The molecular formula is C21H24N2O2. The minimum atomic E-state index is 0.0821. The van der Waals surface area contributed by atoms with Crippen molar-refractivity contribution in [1.82, 2.24) is 9.88 Å². The Morgan fingerprint density at radius 2 is 1.96 bits per heavy atom. The number of amides is 1. The van der Waals surface area contributed by atoms with Gasteiger partial charge in [0, 0.05) is 36.8 Å². The summed E-state index contributed by atoms with van der Waals surface area (Å²) in [6, 6.07) is 10.2. The number of fused-ring (bicyclic) bond motifs is 1. The van der Waals surface area contributed by atoms with E-state index in [1.165, 1.54) is 17.5 Å². The van der Waals surface area contributed by atoms with Crippen LogP contribution in [0, 0.1) is 0 Å². The van der Waals surface area contributed by atoms with Gasteiger partial charge in [-0.15, -0.1) is 0 Å². The van der Waals surface area contributed by atoms with Crippen molar-refractivity contribution in [3.63, 3.8) is 0 Å². The molecule has 1 saturated heterocycles. The molecule has 2 heterocycles. The molecular weight excluding hydrogens is 312 g/mol. The molecule has 25 heavy (non-hydrogen) atoms. The Morgan fingerprint density at radius 1 is 1.08 bits per heavy atom. The van der Waals surface area contributed by atoms with E-state index in [2.05, 4.69) is 11.1 Å². The van der Waals surface area contributed by atoms with E-state index in [-0.39, 0.29) is 17.7 Å². The number of benzene rings is 1. The lowest BCUT2D eigenvalue weighted by molar-refractivity contribution is -0.132. The molecule has 2 aromatic rings. The lowest BCUT2D eigenvalue weighted by Gasteiger charge is -2.24. The maximum Gasteiger partial charge on any atom is 0.223 e. The number of Topliss-reactive ketones (excluding diaryl/α,β-unsaturated/α-hetero) is 1. The first kappa shape index (κ1) is 16.1. The lowest BCUT2D eigenvalue weighted by atomic mass is 10.0. The lowest BCUT2D eigenvalue weighted by Crippen LogP contribution is -2.30. The highest BCUT2D eigenvalue weighted by atomic mass is 16.2. The Morgan fingerprint density at radius 3 is 2.80 bits per heavy atom. The zero-order valence-electron chi connectivity index (χ0n) is 14.5. The highest BCUT2D eigenvalue weighted by molar-refractivity contribution is 5.98. The van der Waals surface area contributed by atoms with Gasteiger partial charge in [0.1, 0.15) is 0 Å². The predicted molar refractivity (Wildman–Crippen MR) is 96.5 cm³/mol. The maximum atomic E-state index is 12.6. The van der Waals surface area contributed by atoms with Crippen LogP contribution in [0.25, 0.3) is 0 Å². The molecule has 0 radical (unpaired) electrons. The van der Waals surface area contributed by atoms with Gasteiger partial charge in [0.15, 0.2) is 5.78 Å². The minimum Gasteiger partial charge on any atom is -0.363 e. The van der Waals surface area contributed by atoms with Crippen LogP contribution in [-0.2, 0) is 17.6 Å². The highest BCUT2D eigenvalue weighted by Gasteiger charge is 2.30. The Bertz CT molecular complexity index is 779. The molecule has 4 nitrogen and oxygen atoms in total. The summed E-state index contributed by atoms with van der Waals surface area (Å²) < 4.78 is 0. The van der Waals surface area contributed by atoms with E-state index in [0.29, 0.717) is 12.8 Å². The smallest absolute Gasteiger partial charge is 0.223 e. The van der Waals surface area contributed by atoms with Crippen LogP contribution in [-0.4, -0.2) is 28.1 Å². The molecule has 4 rings (SSSR count). The molecule has 1 amide bonds. The van der Waals surface area contributed by atoms with Gasteiger partial charge in [0.25, 0.3) is 0 Å². The number of rotatable bonds is 5. The molecule has 0 bridgehead atoms. The molecule has 1 aromatic carbocycles. The molecule has 0 unspecified atom stereocenters. The van der Waals surface area contributed by atoms with Crippen molar-refractivity contribution in [1.29, 1.82) is 0 Å². The topological polar surface area (TPSA) is 53.2 Å². The van der Waals surface area contributed by atoms with Gasteiger partial charge in [0.2, 0.25) is 5.91 Å². The second kappa shape index (κ2) is 6.87. The number of carbonyl (C=O) groups excluding carboxylic acids is 2. The Balaban J connectivity index is 1.37. The molecule has 0 saturated carbocycles. The first-order valence-electron chi connectivity index (χ1n) is 9.30. The molecule has 1 atom stereocenters. The van der Waals surface area contributed by atoms with Crippen molar-refractivity contribution in [2.45, 2.75) is 51.0 Å². The summed E-state index contributed by atoms with van der Waals surface area (Å²) in [7, 11) is 0. The standard InChI is InChI=1S/C21H24N2O2/c24-20(17-9-8-15-4-1-5-16(15)14-17)10-11-21(25)23-13-3-7-19(23)18-6-2-12-22-18/h2,6,8-9,12,14,19,22H,1,3-5,7,10-11,13H2/t19-/m1/s1. The van der Waals surface area contributed by atoms with Crippen molar-refractivity contribution in [2.24, 2.45) is 0 Å². The first-order valence-corrected chi connectivity index (χ1v) is 9.30. The normalized spacial score (nSPS) is 19.2. The van der Waals surface area contributed by atoms with Crippen LogP contribution in [0.1, 0.15) is 65.3 Å². The quantitative estimate of drug-likeness (QED) is 0.844. The Kier molecular flexibility index (Phi) is 4.43. The van der Waals surface area contributed by atoms with Gasteiger partial charge in [-0.2, -0.15) is 0 Å². The third-order valence-corrected chi connectivity index (χ3v) is 5.54. The fourth-order valence-electron chi connectivity index (χ4n) is 4.19. The number of carbonyl (C=O) groups is 2. The number of hydrogen-bond acceptors (Lipinski definition) is 2. The van der Waals surface area contributed by atoms with Gasteiger partial charge in [0.05, 0.1) is 6.04 Å². The summed E-state index contributed by atoms with van der Waals surface area (Å²) in [5.41, 5.74) is 4.54. The van der Waals surface area contributed by atoms with Gasteiger partial charge >= 0.3 is 0 Å². The number of nitrogens with zero attached hydrogens (tertiary/aromatic N) is 1. The Hall–Kier alpha value is -2.36. The summed E-state index contributed by atoms with van der Waals surface area (Å²) in [6.45, 7) is 0.787. The Labute approximate surface area is 148 Å². The molecule has 0 spiro atoms. The van der Waals surface area contributed by atoms with Gasteiger partial charge in [-0.05, 0) is 61.4 Å². The van der Waals surface area contributed by atoms with Crippen LogP contribution in [0.3, 0.4) is 0 Å². The van der Waals surface area contributed by atoms with Crippen LogP contribution in [0.2, 0.25) is 0 Å². The SMILES string of the molecule is O=C(CCC(=O)N1CCC[C@@H]1c1ccc[nH]1)c1ccc2c(c1)CCC2. The molecule has 1 fully saturated rings. The summed E-state index contributed by atoms with van der Waals surface area (Å²) in [5, 5.41) is 0. The molecule has 2 aliphatic rings. The summed E-state index contributed by atoms with van der Waals surface area (Å²) in [4.78, 5) is 30.3. The second-order valence-corrected chi connectivity index (χ2v) is 7.13. The van der Waals surface area contributed by atoms with E-state index in [1.54, 1.807) is 0 Å². The molecule has 130 valence electrons. The number of ketones is 1. The van der Waals surface area contributed by atoms with Crippen LogP contribution in [0.5, 0.6) is 0 Å². The zero-order chi connectivity index (χ0) is 17.2. The second-order valence-electron chi connectivity index (χ2n) is 7.13. The number of likely N-dealkylation sites (tertiary alicyclic amines) is 1. The molecule has 4 heteroatoms. The highest BCUT2D eigenvalue weighted by Crippen LogP contribution is 2.31. The summed E-state index contributed by atoms with van der Waals surface area (Å²) in [6.07, 6.45) is 7.88. The molecule has 1 aliphatic heterocycles. The molecule has 1 N–H and O–H groups in total. The van der Waals surface area contributed by atoms with E-state index in [1.807, 2.05) is 35.4 Å². The first-order chi connectivity index (χ1) is 12.2. The third-order valence-electron chi connectivity index (χ3n) is 5.54. The van der Waals surface area contributed by atoms with Crippen molar-refractivity contribution in [3.05, 3.63) is 58.9 Å². The predicted octanol–water partition coefficient (Wildman–Crippen LogP) is 3.83. The van der Waals surface area contributed by atoms with Crippen LogP contribution in [0.15, 0.2) is 36.5 Å². The van der Waals surface area contributed by atoms with E-state index in [9.17, 15) is 9.59 Å². The average molecular weight is 336 g/mol. The summed E-state index contributed by atoms with van der Waals surface area (Å²) >= 11 is 0. The molecule has 1 aliphatic carbocycles. The van der Waals surface area contributed by atoms with E-state index >= 15 is 0 Å². The monoisotopic (exact) mass is 336 g/mol. The maximum absolute atomic E-state index is 12.6. The van der Waals surface area contributed by atoms with Crippen molar-refractivity contribution < 1.29 is 9.59 Å². The van der Waals surface area contributed by atoms with E-state index < -0.39 is 0 Å². The largest absolute Gasteiger partial charge is 0.363 e. The van der Waals surface area contributed by atoms with Crippen LogP contribution < -0.4 is 0 Å². The number of H-pyrrole nitrogens is 1. The van der Waals surface area contributed by atoms with E-state index in [0.717, 1.165) is 43.5 Å². The van der Waals surface area contributed by atoms with Crippen molar-refractivity contribution in [3.8, 4) is 0 Å². The van der Waals surface area contributed by atoms with Crippen LogP contribution in [0.4, 0.5) is 0 Å². The average Bonchev–Trinajstić information content (AvgIpc) is 3.38. The van der Waals surface area contributed by atoms with Crippen LogP contribution >= 0.6 is 0 Å². The minimum absolute atomic E-state index is 0.0821. The summed E-state index contributed by atoms with van der Waals surface area (Å²) in [5.74, 6) is 0.172. The number of aromatic amines is 1. The zero-order valence-corrected chi connectivity index (χ0v) is 14.5. The fourth-order valence-corrected chi connectivity index (χ4v) is 4.19. The number of aromatic nitrogens is 1. The number of aryl methyl sites for hydroxylation is 2. The fraction of sp³-hybridized carbons (Fsp3) is 0.429. The van der Waals surface area contributed by atoms with Gasteiger partial charge in [-0.3, -0.25) is 9.59 Å². The van der Waals surface area contributed by atoms with Gasteiger partial charge < -0.3 is 9.88 Å². The van der Waals surface area contributed by atoms with Crippen molar-refractivity contribution >= 4 is 11.7 Å². The van der Waals surface area contributed by atoms with Crippen molar-refractivity contribution in [2.75, 3.05) is 6.54 Å². The number of hydrogen-bond donors (Lipinski definition) is 1. The van der Waals surface area contributed by atoms with Gasteiger partial charge in [-0.25, -0.2) is 0 Å². The van der Waals surface area contributed by atoms with Gasteiger partial charge in [-0.1, -0.05) is 12.1 Å².